The van der Waals surface area contributed by atoms with E-state index in [1.807, 2.05) is 6.92 Å². The average molecular weight is 224 g/mol. The fraction of sp³-hybridized carbons (Fsp3) is 0.417. The molecule has 1 aromatic rings. The van der Waals surface area contributed by atoms with Gasteiger partial charge in [0, 0.05) is 6.42 Å². The molecule has 1 amide bonds. The quantitative estimate of drug-likeness (QED) is 0.800. The molecule has 1 aromatic carbocycles. The Hall–Kier alpha value is -1.42. The zero-order valence-electron chi connectivity index (χ0n) is 9.37. The predicted octanol–water partition coefficient (Wildman–Crippen LogP) is 1.74. The number of carbonyl (C=O) groups is 1. The molecule has 0 spiro atoms. The van der Waals surface area contributed by atoms with Crippen LogP contribution in [0, 0.1) is 5.82 Å². The first-order valence-electron chi connectivity index (χ1n) is 5.38. The lowest BCUT2D eigenvalue weighted by molar-refractivity contribution is -0.121. The summed E-state index contributed by atoms with van der Waals surface area (Å²) >= 11 is 0. The Morgan fingerprint density at radius 1 is 1.56 bits per heavy atom. The second kappa shape index (κ2) is 6.23. The van der Waals surface area contributed by atoms with Gasteiger partial charge in [-0.25, -0.2) is 4.39 Å². The number of nitrogens with two attached hydrogens (primary N) is 1. The van der Waals surface area contributed by atoms with E-state index in [1.165, 1.54) is 12.1 Å². The normalized spacial score (nSPS) is 12.2. The maximum Gasteiger partial charge on any atom is 0.220 e. The Bertz CT molecular complexity index is 355. The molecule has 0 saturated carbocycles. The third-order valence-corrected chi connectivity index (χ3v) is 2.33. The van der Waals surface area contributed by atoms with Gasteiger partial charge in [0.1, 0.15) is 5.82 Å². The Labute approximate surface area is 94.8 Å². The molecule has 1 rings (SSSR count). The summed E-state index contributed by atoms with van der Waals surface area (Å²) in [4.78, 5) is 11.4. The molecule has 3 N–H and O–H groups in total. The van der Waals surface area contributed by atoms with Crippen molar-refractivity contribution in [2.75, 3.05) is 6.54 Å². The molecule has 0 heterocycles. The van der Waals surface area contributed by atoms with E-state index in [4.69, 9.17) is 5.73 Å². The zero-order valence-corrected chi connectivity index (χ0v) is 9.37. The first-order valence-corrected chi connectivity index (χ1v) is 5.38. The van der Waals surface area contributed by atoms with Crippen LogP contribution in [0.1, 0.15) is 31.4 Å². The largest absolute Gasteiger partial charge is 0.350 e. The van der Waals surface area contributed by atoms with Gasteiger partial charge < -0.3 is 11.1 Å². The van der Waals surface area contributed by atoms with Crippen LogP contribution in [-0.4, -0.2) is 12.5 Å². The number of nitrogens with one attached hydrogen (secondary N) is 1. The van der Waals surface area contributed by atoms with Crippen molar-refractivity contribution in [1.29, 1.82) is 0 Å². The van der Waals surface area contributed by atoms with Gasteiger partial charge in [0.25, 0.3) is 0 Å². The zero-order chi connectivity index (χ0) is 12.0. The minimum Gasteiger partial charge on any atom is -0.350 e. The van der Waals surface area contributed by atoms with Crippen molar-refractivity contribution < 1.29 is 9.18 Å². The molecule has 0 radical (unpaired) electrons. The Morgan fingerprint density at radius 3 is 2.94 bits per heavy atom. The van der Waals surface area contributed by atoms with E-state index >= 15 is 0 Å². The highest BCUT2D eigenvalue weighted by atomic mass is 19.1. The van der Waals surface area contributed by atoms with Crippen molar-refractivity contribution in [2.45, 2.75) is 25.8 Å². The number of carbonyl (C=O) groups excluding carboxylic acids is 1. The van der Waals surface area contributed by atoms with Gasteiger partial charge in [0.15, 0.2) is 0 Å². The maximum absolute atomic E-state index is 12.9. The second-order valence-corrected chi connectivity index (χ2v) is 3.74. The van der Waals surface area contributed by atoms with Crippen LogP contribution in [0.4, 0.5) is 4.39 Å². The van der Waals surface area contributed by atoms with Crippen LogP contribution < -0.4 is 11.1 Å². The van der Waals surface area contributed by atoms with Gasteiger partial charge in [-0.05, 0) is 37.6 Å². The minimum absolute atomic E-state index is 0.0535. The van der Waals surface area contributed by atoms with Crippen molar-refractivity contribution >= 4 is 5.91 Å². The first-order chi connectivity index (χ1) is 7.63. The van der Waals surface area contributed by atoms with Crippen LogP contribution in [0.25, 0.3) is 0 Å². The van der Waals surface area contributed by atoms with E-state index in [0.717, 1.165) is 5.56 Å². The Balaban J connectivity index is 2.52. The lowest BCUT2D eigenvalue weighted by Gasteiger charge is -2.14. The molecule has 0 bridgehead atoms. The van der Waals surface area contributed by atoms with Crippen LogP contribution in [0.3, 0.4) is 0 Å². The molecule has 1 unspecified atom stereocenters. The molecule has 4 heteroatoms. The lowest BCUT2D eigenvalue weighted by Crippen LogP contribution is -2.26. The number of rotatable bonds is 5. The van der Waals surface area contributed by atoms with Gasteiger partial charge in [-0.3, -0.25) is 4.79 Å². The minimum atomic E-state index is -0.291. The number of hydrogen-bond donors (Lipinski definition) is 2. The van der Waals surface area contributed by atoms with E-state index < -0.39 is 0 Å². The molecule has 88 valence electrons. The molecule has 0 aromatic heterocycles. The molecular weight excluding hydrogens is 207 g/mol. The van der Waals surface area contributed by atoms with Crippen molar-refractivity contribution in [3.05, 3.63) is 35.6 Å². The molecule has 0 aliphatic carbocycles. The standard InChI is InChI=1S/C12H17FN2O/c1-9(15-12(16)6-3-7-14)10-4-2-5-11(13)8-10/h2,4-5,8-9H,3,6-7,14H2,1H3,(H,15,16). The Kier molecular flexibility index (Phi) is 4.92. The summed E-state index contributed by atoms with van der Waals surface area (Å²) in [6.45, 7) is 2.33. The molecule has 0 aliphatic heterocycles. The number of halogens is 1. The van der Waals surface area contributed by atoms with Crippen LogP contribution in [0.2, 0.25) is 0 Å². The maximum atomic E-state index is 12.9. The highest BCUT2D eigenvalue weighted by Gasteiger charge is 2.09. The van der Waals surface area contributed by atoms with E-state index in [-0.39, 0.29) is 17.8 Å². The highest BCUT2D eigenvalue weighted by molar-refractivity contribution is 5.76. The van der Waals surface area contributed by atoms with Crippen LogP contribution >= 0.6 is 0 Å². The molecular formula is C12H17FN2O. The fourth-order valence-corrected chi connectivity index (χ4v) is 1.44. The van der Waals surface area contributed by atoms with Crippen molar-refractivity contribution in [3.8, 4) is 0 Å². The summed E-state index contributed by atoms with van der Waals surface area (Å²) in [6, 6.07) is 6.05. The third kappa shape index (κ3) is 3.98. The van der Waals surface area contributed by atoms with Gasteiger partial charge >= 0.3 is 0 Å². The van der Waals surface area contributed by atoms with Gasteiger partial charge in [0.05, 0.1) is 6.04 Å². The molecule has 0 fully saturated rings. The summed E-state index contributed by atoms with van der Waals surface area (Å²) in [5.74, 6) is -0.345. The van der Waals surface area contributed by atoms with E-state index in [1.54, 1.807) is 12.1 Å². The monoisotopic (exact) mass is 224 g/mol. The number of hydrogen-bond acceptors (Lipinski definition) is 2. The lowest BCUT2D eigenvalue weighted by atomic mass is 10.1. The smallest absolute Gasteiger partial charge is 0.220 e. The van der Waals surface area contributed by atoms with E-state index in [0.29, 0.717) is 19.4 Å². The van der Waals surface area contributed by atoms with Crippen LogP contribution in [0.15, 0.2) is 24.3 Å². The number of amides is 1. The summed E-state index contributed by atoms with van der Waals surface area (Å²) in [7, 11) is 0. The second-order valence-electron chi connectivity index (χ2n) is 3.74. The number of benzene rings is 1. The SMILES string of the molecule is CC(NC(=O)CCCN)c1cccc(F)c1. The van der Waals surface area contributed by atoms with Gasteiger partial charge in [-0.15, -0.1) is 0 Å². The van der Waals surface area contributed by atoms with E-state index in [2.05, 4.69) is 5.32 Å². The predicted molar refractivity (Wildman–Crippen MR) is 61.2 cm³/mol. The summed E-state index contributed by atoms with van der Waals surface area (Å²) in [5, 5.41) is 2.80. The highest BCUT2D eigenvalue weighted by Crippen LogP contribution is 2.13. The molecule has 16 heavy (non-hydrogen) atoms. The van der Waals surface area contributed by atoms with Gasteiger partial charge in [0.2, 0.25) is 5.91 Å². The third-order valence-electron chi connectivity index (χ3n) is 2.33. The molecule has 0 saturated heterocycles. The first kappa shape index (κ1) is 12.6. The Morgan fingerprint density at radius 2 is 2.31 bits per heavy atom. The topological polar surface area (TPSA) is 55.1 Å². The summed E-state index contributed by atoms with van der Waals surface area (Å²) in [6.07, 6.45) is 1.08. The van der Waals surface area contributed by atoms with Crippen LogP contribution in [-0.2, 0) is 4.79 Å². The van der Waals surface area contributed by atoms with Crippen molar-refractivity contribution in [3.63, 3.8) is 0 Å². The van der Waals surface area contributed by atoms with Gasteiger partial charge in [-0.1, -0.05) is 12.1 Å². The fourth-order valence-electron chi connectivity index (χ4n) is 1.44. The van der Waals surface area contributed by atoms with E-state index in [9.17, 15) is 9.18 Å². The summed E-state index contributed by atoms with van der Waals surface area (Å²) in [5.41, 5.74) is 6.07. The summed E-state index contributed by atoms with van der Waals surface area (Å²) < 4.78 is 12.9. The van der Waals surface area contributed by atoms with Crippen molar-refractivity contribution in [2.24, 2.45) is 5.73 Å². The van der Waals surface area contributed by atoms with Crippen molar-refractivity contribution in [1.82, 2.24) is 5.32 Å². The molecule has 3 nitrogen and oxygen atoms in total. The van der Waals surface area contributed by atoms with Gasteiger partial charge in [-0.2, -0.15) is 0 Å². The van der Waals surface area contributed by atoms with Crippen LogP contribution in [0.5, 0.6) is 0 Å². The molecule has 0 aliphatic rings. The molecule has 1 atom stereocenters. The average Bonchev–Trinajstić information content (AvgIpc) is 2.26.